The summed E-state index contributed by atoms with van der Waals surface area (Å²) in [4.78, 5) is 6.75. The summed E-state index contributed by atoms with van der Waals surface area (Å²) in [6.45, 7) is 7.02. The van der Waals surface area contributed by atoms with Crippen molar-refractivity contribution in [2.24, 2.45) is 4.99 Å². The molecule has 0 spiro atoms. The molecule has 1 N–H and O–H groups in total. The van der Waals surface area contributed by atoms with Gasteiger partial charge in [-0.2, -0.15) is 13.2 Å². The van der Waals surface area contributed by atoms with Gasteiger partial charge in [-0.15, -0.1) is 24.0 Å². The van der Waals surface area contributed by atoms with Crippen molar-refractivity contribution >= 4 is 29.9 Å². The van der Waals surface area contributed by atoms with Gasteiger partial charge in [0.1, 0.15) is 6.10 Å². The van der Waals surface area contributed by atoms with Crippen molar-refractivity contribution in [3.8, 4) is 0 Å². The van der Waals surface area contributed by atoms with Gasteiger partial charge in [-0.25, -0.2) is 0 Å². The summed E-state index contributed by atoms with van der Waals surface area (Å²) < 4.78 is 56.2. The minimum atomic E-state index is -4.37. The van der Waals surface area contributed by atoms with E-state index in [0.717, 1.165) is 44.5 Å². The molecule has 0 saturated carbocycles. The number of nitrogens with zero attached hydrogens (tertiary/aromatic N) is 2. The van der Waals surface area contributed by atoms with Gasteiger partial charge in [-0.1, -0.05) is 12.1 Å². The smallest absolute Gasteiger partial charge is 0.381 e. The van der Waals surface area contributed by atoms with Gasteiger partial charge in [0.25, 0.3) is 0 Å². The third-order valence-corrected chi connectivity index (χ3v) is 5.37. The van der Waals surface area contributed by atoms with Gasteiger partial charge in [0.15, 0.2) is 5.96 Å². The molecule has 2 saturated heterocycles. The Bertz CT molecular complexity index is 715. The van der Waals surface area contributed by atoms with E-state index in [-0.39, 0.29) is 30.1 Å². The number of guanidine groups is 1. The summed E-state index contributed by atoms with van der Waals surface area (Å²) in [6.07, 6.45) is -1.83. The van der Waals surface area contributed by atoms with Gasteiger partial charge in [0, 0.05) is 39.5 Å². The number of halogens is 4. The number of nitrogens with one attached hydrogen (secondary N) is 1. The van der Waals surface area contributed by atoms with E-state index in [1.165, 1.54) is 12.1 Å². The Morgan fingerprint density at radius 2 is 2.03 bits per heavy atom. The van der Waals surface area contributed by atoms with Crippen LogP contribution in [0.5, 0.6) is 0 Å². The second-order valence-electron chi connectivity index (χ2n) is 7.70. The number of rotatable bonds is 7. The van der Waals surface area contributed by atoms with Crippen molar-refractivity contribution in [3.05, 3.63) is 35.4 Å². The minimum Gasteiger partial charge on any atom is -0.381 e. The molecule has 1 atom stereocenters. The standard InChI is InChI=1S/C22H32F3N3O3.HI/c1-2-26-21(27-9-4-11-30-19-7-12-29-13-8-19)28-10-14-31-20(16-28)17-5-3-6-18(15-17)22(23,24)25;/h3,5-6,15,19-20H,2,4,7-14,16H2,1H3,(H,26,27);1H. The molecule has 182 valence electrons. The molecule has 2 fully saturated rings. The lowest BCUT2D eigenvalue weighted by Gasteiger charge is -2.35. The number of hydrogen-bond donors (Lipinski definition) is 1. The van der Waals surface area contributed by atoms with Crippen LogP contribution < -0.4 is 5.32 Å². The van der Waals surface area contributed by atoms with Crippen molar-refractivity contribution < 1.29 is 27.4 Å². The molecule has 1 aromatic carbocycles. The molecule has 0 aromatic heterocycles. The Labute approximate surface area is 204 Å². The second kappa shape index (κ2) is 13.6. The average molecular weight is 571 g/mol. The molecule has 0 radical (unpaired) electrons. The summed E-state index contributed by atoms with van der Waals surface area (Å²) in [5.74, 6) is 0.758. The number of aliphatic imine (C=N–C) groups is 1. The fraction of sp³-hybridized carbons (Fsp3) is 0.682. The molecule has 2 heterocycles. The molecular formula is C22H33F3IN3O3. The van der Waals surface area contributed by atoms with Crippen LogP contribution in [0.2, 0.25) is 0 Å². The van der Waals surface area contributed by atoms with Crippen LogP contribution >= 0.6 is 24.0 Å². The lowest BCUT2D eigenvalue weighted by molar-refractivity contribution is -0.137. The minimum absolute atomic E-state index is 0. The number of morpholine rings is 1. The van der Waals surface area contributed by atoms with E-state index in [2.05, 4.69) is 10.2 Å². The molecule has 2 aliphatic heterocycles. The molecule has 2 aliphatic rings. The maximum Gasteiger partial charge on any atom is 0.416 e. The van der Waals surface area contributed by atoms with E-state index < -0.39 is 17.8 Å². The first-order chi connectivity index (χ1) is 15.0. The number of alkyl halides is 3. The van der Waals surface area contributed by atoms with Crippen LogP contribution in [0.15, 0.2) is 29.3 Å². The Kier molecular flexibility index (Phi) is 11.5. The highest BCUT2D eigenvalue weighted by Gasteiger charge is 2.32. The third kappa shape index (κ3) is 8.35. The molecular weight excluding hydrogens is 538 g/mol. The predicted molar refractivity (Wildman–Crippen MR) is 128 cm³/mol. The molecule has 1 unspecified atom stereocenters. The Hall–Kier alpha value is -1.11. The molecule has 6 nitrogen and oxygen atoms in total. The first-order valence-electron chi connectivity index (χ1n) is 11.0. The van der Waals surface area contributed by atoms with Crippen molar-refractivity contribution in [1.29, 1.82) is 0 Å². The van der Waals surface area contributed by atoms with Gasteiger partial charge in [0.05, 0.1) is 24.8 Å². The number of benzene rings is 1. The van der Waals surface area contributed by atoms with Crippen LogP contribution in [0.25, 0.3) is 0 Å². The van der Waals surface area contributed by atoms with E-state index in [4.69, 9.17) is 19.2 Å². The monoisotopic (exact) mass is 571 g/mol. The third-order valence-electron chi connectivity index (χ3n) is 5.37. The largest absolute Gasteiger partial charge is 0.416 e. The zero-order valence-corrected chi connectivity index (χ0v) is 20.7. The van der Waals surface area contributed by atoms with Crippen molar-refractivity contribution in [3.63, 3.8) is 0 Å². The lowest BCUT2D eigenvalue weighted by Crippen LogP contribution is -2.48. The first-order valence-corrected chi connectivity index (χ1v) is 11.0. The highest BCUT2D eigenvalue weighted by atomic mass is 127. The zero-order valence-electron chi connectivity index (χ0n) is 18.4. The van der Waals surface area contributed by atoms with Gasteiger partial charge in [-0.05, 0) is 43.9 Å². The predicted octanol–water partition coefficient (Wildman–Crippen LogP) is 4.25. The van der Waals surface area contributed by atoms with Crippen molar-refractivity contribution in [2.45, 2.75) is 44.6 Å². The average Bonchev–Trinajstić information content (AvgIpc) is 2.78. The fourth-order valence-corrected chi connectivity index (χ4v) is 3.73. The van der Waals surface area contributed by atoms with Crippen LogP contribution in [0.3, 0.4) is 0 Å². The van der Waals surface area contributed by atoms with Gasteiger partial charge >= 0.3 is 6.18 Å². The lowest BCUT2D eigenvalue weighted by atomic mass is 10.0. The second-order valence-corrected chi connectivity index (χ2v) is 7.70. The van der Waals surface area contributed by atoms with Gasteiger partial charge in [-0.3, -0.25) is 4.99 Å². The van der Waals surface area contributed by atoms with Crippen LogP contribution in [0.4, 0.5) is 13.2 Å². The Balaban J connectivity index is 0.00000363. The Morgan fingerprint density at radius 1 is 1.25 bits per heavy atom. The Morgan fingerprint density at radius 3 is 2.75 bits per heavy atom. The zero-order chi connectivity index (χ0) is 22.1. The van der Waals surface area contributed by atoms with E-state index in [9.17, 15) is 13.2 Å². The van der Waals surface area contributed by atoms with Crippen LogP contribution in [-0.4, -0.2) is 69.6 Å². The van der Waals surface area contributed by atoms with Gasteiger partial charge < -0.3 is 24.4 Å². The topological polar surface area (TPSA) is 55.3 Å². The van der Waals surface area contributed by atoms with E-state index in [1.807, 2.05) is 6.92 Å². The molecule has 0 aliphatic carbocycles. The van der Waals surface area contributed by atoms with Crippen molar-refractivity contribution in [2.75, 3.05) is 52.6 Å². The normalized spacial score (nSPS) is 20.7. The fourth-order valence-electron chi connectivity index (χ4n) is 3.73. The molecule has 0 amide bonds. The quantitative estimate of drug-likeness (QED) is 0.230. The number of hydrogen-bond acceptors (Lipinski definition) is 4. The summed E-state index contributed by atoms with van der Waals surface area (Å²) in [7, 11) is 0. The molecule has 1 aromatic rings. The highest BCUT2D eigenvalue weighted by molar-refractivity contribution is 14.0. The van der Waals surface area contributed by atoms with E-state index in [1.54, 1.807) is 6.07 Å². The summed E-state index contributed by atoms with van der Waals surface area (Å²) in [5.41, 5.74) is -0.129. The first kappa shape index (κ1) is 27.1. The summed E-state index contributed by atoms with van der Waals surface area (Å²) >= 11 is 0. The molecule has 32 heavy (non-hydrogen) atoms. The van der Waals surface area contributed by atoms with Crippen molar-refractivity contribution in [1.82, 2.24) is 10.2 Å². The van der Waals surface area contributed by atoms with E-state index in [0.29, 0.717) is 45.0 Å². The SMILES string of the molecule is CCNC(=NCCCOC1CCOCC1)N1CCOC(c2cccc(C(F)(F)F)c2)C1.I. The van der Waals surface area contributed by atoms with Crippen LogP contribution in [0.1, 0.15) is 43.4 Å². The summed E-state index contributed by atoms with van der Waals surface area (Å²) in [6, 6.07) is 5.36. The maximum absolute atomic E-state index is 13.1. The molecule has 10 heteroatoms. The van der Waals surface area contributed by atoms with Crippen LogP contribution in [-0.2, 0) is 20.4 Å². The number of ether oxygens (including phenoxy) is 3. The van der Waals surface area contributed by atoms with Crippen LogP contribution in [0, 0.1) is 0 Å². The van der Waals surface area contributed by atoms with Gasteiger partial charge in [0.2, 0.25) is 0 Å². The molecule has 0 bridgehead atoms. The highest BCUT2D eigenvalue weighted by Crippen LogP contribution is 2.32. The van der Waals surface area contributed by atoms with E-state index >= 15 is 0 Å². The molecule has 3 rings (SSSR count). The maximum atomic E-state index is 13.1. The summed E-state index contributed by atoms with van der Waals surface area (Å²) in [5, 5.41) is 3.28.